The summed E-state index contributed by atoms with van der Waals surface area (Å²) in [5, 5.41) is 10.6. The van der Waals surface area contributed by atoms with Gasteiger partial charge in [-0.1, -0.05) is 27.7 Å². The number of nitrogens with one attached hydrogen (secondary N) is 1. The van der Waals surface area contributed by atoms with E-state index in [0.717, 1.165) is 33.1 Å². The number of halogens is 2. The summed E-state index contributed by atoms with van der Waals surface area (Å²) in [6.45, 7) is 20.1. The summed E-state index contributed by atoms with van der Waals surface area (Å²) in [6.07, 6.45) is 0. The predicted octanol–water partition coefficient (Wildman–Crippen LogP) is 4.84. The van der Waals surface area contributed by atoms with Gasteiger partial charge in [-0.15, -0.1) is 0 Å². The Hall–Kier alpha value is 2.09. The molecule has 0 aromatic rings. The molecular weight excluding hydrogens is 907 g/mol. The maximum atomic E-state index is 10.9. The van der Waals surface area contributed by atoms with Crippen molar-refractivity contribution in [2.75, 3.05) is 52.4 Å². The smallest absolute Gasteiger partial charge is 0.300 e. The van der Waals surface area contributed by atoms with Crippen molar-refractivity contribution < 1.29 is 108 Å². The van der Waals surface area contributed by atoms with Gasteiger partial charge in [0.1, 0.15) is 0 Å². The fourth-order valence-corrected chi connectivity index (χ4v) is 2.32. The summed E-state index contributed by atoms with van der Waals surface area (Å²) in [5.41, 5.74) is 0. The van der Waals surface area contributed by atoms with Gasteiger partial charge in [0.2, 0.25) is 17.7 Å². The van der Waals surface area contributed by atoms with E-state index < -0.39 is 5.97 Å². The molecule has 0 bridgehead atoms. The van der Waals surface area contributed by atoms with Crippen molar-refractivity contribution in [1.29, 1.82) is 0 Å². The molecule has 2 rings (SSSR count). The molecule has 2 heterocycles. The van der Waals surface area contributed by atoms with Crippen LogP contribution < -0.4 is 5.32 Å². The summed E-state index contributed by atoms with van der Waals surface area (Å²) < 4.78 is 0. The van der Waals surface area contributed by atoms with E-state index in [-0.39, 0.29) is 131 Å². The molecule has 0 saturated carbocycles. The van der Waals surface area contributed by atoms with Crippen molar-refractivity contribution in [1.82, 2.24) is 20.0 Å². The van der Waals surface area contributed by atoms with E-state index in [0.29, 0.717) is 26.2 Å². The first kappa shape index (κ1) is 72.4. The molecule has 38 heavy (non-hydrogen) atoms. The molecule has 2 N–H and O–H groups in total. The third-order valence-corrected chi connectivity index (χ3v) is 3.73. The Balaban J connectivity index is -0.0000000283. The number of rotatable bonds is 0. The van der Waals surface area contributed by atoms with Crippen LogP contribution in [-0.4, -0.2) is 95.9 Å². The number of carboxylic acid groups (broad SMARTS) is 1. The van der Waals surface area contributed by atoms with Crippen LogP contribution in [0.3, 0.4) is 0 Å². The first-order valence-corrected chi connectivity index (χ1v) is 16.7. The van der Waals surface area contributed by atoms with Gasteiger partial charge >= 0.3 is 0 Å². The number of carbonyl (C=O) groups is 4. The zero-order valence-electron chi connectivity index (χ0n) is 25.9. The average molecular weight is 961 g/mol. The minimum Gasteiger partial charge on any atom is -0.481 e. The Morgan fingerprint density at radius 1 is 0.579 bits per heavy atom. The number of carbonyl (C=O) groups excluding carboxylic acids is 3. The summed E-state index contributed by atoms with van der Waals surface area (Å²) in [6, 6.07) is 0. The van der Waals surface area contributed by atoms with Crippen LogP contribution in [0.5, 0.6) is 0 Å². The second-order valence-corrected chi connectivity index (χ2v) is 5.79. The summed E-state index contributed by atoms with van der Waals surface area (Å²) >= 11 is 4.24. The number of aliphatic carboxylic acids is 1. The Labute approximate surface area is 322 Å². The van der Waals surface area contributed by atoms with Crippen LogP contribution in [0.15, 0.2) is 0 Å². The number of carboxylic acids is 1. The Bertz CT molecular complexity index is 463. The maximum Gasteiger partial charge on any atom is 0.300 e. The minimum absolute atomic E-state index is 0. The fourth-order valence-electron chi connectivity index (χ4n) is 2.32. The molecule has 14 heteroatoms. The van der Waals surface area contributed by atoms with E-state index in [1.54, 1.807) is 30.6 Å². The van der Waals surface area contributed by atoms with Gasteiger partial charge in [-0.2, -0.15) is 0 Å². The van der Waals surface area contributed by atoms with Gasteiger partial charge in [-0.05, 0) is 0 Å². The molecule has 0 aromatic carbocycles. The zero-order valence-corrected chi connectivity index (χ0v) is 37.3. The summed E-state index contributed by atoms with van der Waals surface area (Å²) in [7, 11) is 0. The number of amides is 3. The molecule has 2 fully saturated rings. The van der Waals surface area contributed by atoms with Crippen molar-refractivity contribution in [2.24, 2.45) is 0 Å². The number of piperazine rings is 2. The standard InChI is InChI=1S/C8H14N2O2.C6H12N2O.C2H4O2.2C2H6.4CH3.I2.V.2Y/c1-7(11)9-3-5-10(6-4-9)8(2)12;1-6(9)8-4-2-7-3-5-8;1-2(3)4;2*1-2;;;;;1-2;;;/h3-6H2,1-2H3;7H,2-5H2,1H3;1H3,(H,3,4);2*1-2H3;4*1H3;;;;/q;;;;;4*-1;;;;. The van der Waals surface area contributed by atoms with Crippen molar-refractivity contribution in [3.05, 3.63) is 29.7 Å². The summed E-state index contributed by atoms with van der Waals surface area (Å²) in [5.74, 6) is -0.451. The minimum atomic E-state index is -0.833. The predicted molar refractivity (Wildman–Crippen MR) is 169 cm³/mol. The van der Waals surface area contributed by atoms with E-state index in [1.165, 1.54) is 0 Å². The van der Waals surface area contributed by atoms with Gasteiger partial charge in [0.15, 0.2) is 0 Å². The van der Waals surface area contributed by atoms with Crippen LogP contribution in [0.1, 0.15) is 55.4 Å². The van der Waals surface area contributed by atoms with Gasteiger partial charge in [-0.3, -0.25) is 19.2 Å². The van der Waals surface area contributed by atoms with E-state index in [2.05, 4.69) is 42.5 Å². The van der Waals surface area contributed by atoms with E-state index in [1.807, 2.05) is 32.6 Å². The molecule has 2 aliphatic rings. The quantitative estimate of drug-likeness (QED) is 0.266. The molecule has 229 valence electrons. The van der Waals surface area contributed by atoms with Crippen LogP contribution >= 0.6 is 37.2 Å². The van der Waals surface area contributed by atoms with Crippen molar-refractivity contribution in [2.45, 2.75) is 55.4 Å². The van der Waals surface area contributed by atoms with Crippen LogP contribution in [0.4, 0.5) is 0 Å². The summed E-state index contributed by atoms with van der Waals surface area (Å²) in [4.78, 5) is 46.9. The molecule has 0 aromatic heterocycles. The molecule has 3 amide bonds. The van der Waals surface area contributed by atoms with E-state index >= 15 is 0 Å². The second kappa shape index (κ2) is 55.1. The van der Waals surface area contributed by atoms with E-state index in [9.17, 15) is 14.4 Å². The largest absolute Gasteiger partial charge is 0.481 e. The number of hydrogen-bond donors (Lipinski definition) is 2. The topological polar surface area (TPSA) is 110 Å². The van der Waals surface area contributed by atoms with E-state index in [4.69, 9.17) is 9.90 Å². The molecule has 3 radical (unpaired) electrons. The maximum absolute atomic E-state index is 10.9. The first-order chi connectivity index (χ1) is 14.6. The van der Waals surface area contributed by atoms with Crippen molar-refractivity contribution in [3.8, 4) is 0 Å². The third kappa shape index (κ3) is 50.9. The molecule has 0 unspecified atom stereocenters. The molecule has 9 nitrogen and oxygen atoms in total. The molecular formula is C24H54I2N4O5VY2-4. The third-order valence-electron chi connectivity index (χ3n) is 3.73. The van der Waals surface area contributed by atoms with Gasteiger partial charge in [0.25, 0.3) is 5.97 Å². The Morgan fingerprint density at radius 3 is 0.868 bits per heavy atom. The van der Waals surface area contributed by atoms with Gasteiger partial charge < -0.3 is 54.8 Å². The van der Waals surface area contributed by atoms with Gasteiger partial charge in [-0.25, -0.2) is 0 Å². The van der Waals surface area contributed by atoms with Crippen LogP contribution in [0, 0.1) is 29.7 Å². The normalized spacial score (nSPS) is 11.5. The monoisotopic (exact) mass is 961 g/mol. The number of hydrogen-bond acceptors (Lipinski definition) is 5. The molecule has 0 spiro atoms. The Morgan fingerprint density at radius 2 is 0.737 bits per heavy atom. The molecule has 2 saturated heterocycles. The average Bonchev–Trinajstić information content (AvgIpc) is 2.78. The zero-order chi connectivity index (χ0) is 25.4. The molecule has 0 aliphatic carbocycles. The molecule has 2 aliphatic heterocycles. The van der Waals surface area contributed by atoms with Crippen LogP contribution in [0.2, 0.25) is 0 Å². The van der Waals surface area contributed by atoms with Gasteiger partial charge in [0, 0.05) is 201 Å². The van der Waals surface area contributed by atoms with Crippen LogP contribution in [0.25, 0.3) is 0 Å². The second-order valence-electron chi connectivity index (χ2n) is 5.79. The van der Waals surface area contributed by atoms with Crippen LogP contribution in [-0.2, 0) is 103 Å². The SMILES string of the molecule is CC.CC.CC(=O)N1CCN(C(C)=O)CC1.CC(=O)N1CCNCC1.CC(=O)O.II.[CH3-].[CH3-].[CH3-].[CH3-].[V].[Y].[Y]. The van der Waals surface area contributed by atoms with Gasteiger partial charge in [0.05, 0.1) is 0 Å². The fraction of sp³-hybridized carbons (Fsp3) is 0.667. The first-order valence-electron chi connectivity index (χ1n) is 10.5. The van der Waals surface area contributed by atoms with Crippen molar-refractivity contribution >= 4 is 60.9 Å². The Kier molecular flexibility index (Phi) is 105. The molecule has 0 atom stereocenters. The van der Waals surface area contributed by atoms with Crippen molar-refractivity contribution in [3.63, 3.8) is 0 Å². The number of nitrogens with zero attached hydrogens (tertiary/aromatic N) is 3.